The summed E-state index contributed by atoms with van der Waals surface area (Å²) in [6.07, 6.45) is -0.554. The van der Waals surface area contributed by atoms with Gasteiger partial charge in [-0.25, -0.2) is 8.78 Å². The summed E-state index contributed by atoms with van der Waals surface area (Å²) in [6, 6.07) is 18.2. The number of hydrogen-bond donors (Lipinski definition) is 1. The average molecular weight is 479 g/mol. The van der Waals surface area contributed by atoms with Gasteiger partial charge in [-0.2, -0.15) is 12.7 Å². The molecule has 1 heterocycles. The van der Waals surface area contributed by atoms with Crippen LogP contribution in [0.15, 0.2) is 72.8 Å². The van der Waals surface area contributed by atoms with E-state index >= 15 is 0 Å². The molecule has 168 valence electrons. The van der Waals surface area contributed by atoms with Gasteiger partial charge in [-0.1, -0.05) is 35.9 Å². The number of nitrogens with one attached hydrogen (secondary N) is 1. The molecule has 1 fully saturated rings. The Morgan fingerprint density at radius 3 is 1.97 bits per heavy atom. The third-order valence-corrected chi connectivity index (χ3v) is 7.07. The predicted molar refractivity (Wildman–Crippen MR) is 120 cm³/mol. The van der Waals surface area contributed by atoms with Gasteiger partial charge in [0.15, 0.2) is 0 Å². The zero-order valence-corrected chi connectivity index (χ0v) is 18.5. The van der Waals surface area contributed by atoms with E-state index in [0.29, 0.717) is 10.7 Å². The lowest BCUT2D eigenvalue weighted by Gasteiger charge is -2.36. The van der Waals surface area contributed by atoms with Crippen LogP contribution in [-0.2, 0) is 14.9 Å². The van der Waals surface area contributed by atoms with Gasteiger partial charge in [0.1, 0.15) is 11.6 Å². The summed E-state index contributed by atoms with van der Waals surface area (Å²) in [5, 5.41) is 0.501. The van der Waals surface area contributed by atoms with Crippen LogP contribution in [-0.4, -0.2) is 38.5 Å². The summed E-state index contributed by atoms with van der Waals surface area (Å²) < 4.78 is 62.9. The first-order valence-corrected chi connectivity index (χ1v) is 11.8. The zero-order valence-electron chi connectivity index (χ0n) is 16.9. The highest BCUT2D eigenvalue weighted by atomic mass is 35.5. The molecule has 1 saturated heterocycles. The fourth-order valence-electron chi connectivity index (χ4n) is 3.76. The molecule has 0 spiro atoms. The van der Waals surface area contributed by atoms with Gasteiger partial charge in [-0.05, 0) is 59.7 Å². The first kappa shape index (κ1) is 22.7. The summed E-state index contributed by atoms with van der Waals surface area (Å²) in [7, 11) is -3.85. The maximum Gasteiger partial charge on any atom is 0.301 e. The van der Waals surface area contributed by atoms with Crippen molar-refractivity contribution in [2.24, 2.45) is 0 Å². The molecule has 0 aromatic heterocycles. The largest absolute Gasteiger partial charge is 0.374 e. The third-order valence-electron chi connectivity index (χ3n) is 5.32. The van der Waals surface area contributed by atoms with Crippen LogP contribution >= 0.6 is 11.6 Å². The molecular weight excluding hydrogens is 458 g/mol. The molecule has 1 aliphatic rings. The van der Waals surface area contributed by atoms with E-state index in [0.717, 1.165) is 11.1 Å². The highest BCUT2D eigenvalue weighted by Gasteiger charge is 2.35. The summed E-state index contributed by atoms with van der Waals surface area (Å²) in [4.78, 5) is 0. The normalized spacial score (nSPS) is 17.4. The van der Waals surface area contributed by atoms with E-state index in [1.54, 1.807) is 48.5 Å². The van der Waals surface area contributed by atoms with Gasteiger partial charge in [0.25, 0.3) is 0 Å². The van der Waals surface area contributed by atoms with Crippen LogP contribution in [0.2, 0.25) is 5.02 Å². The van der Waals surface area contributed by atoms with Gasteiger partial charge in [0.05, 0.1) is 12.7 Å². The number of ether oxygens (including phenoxy) is 1. The molecule has 5 nitrogen and oxygen atoms in total. The Morgan fingerprint density at radius 2 is 1.44 bits per heavy atom. The summed E-state index contributed by atoms with van der Waals surface area (Å²) in [5.41, 5.74) is 1.88. The standard InChI is InChI=1S/C23H21ClF2N2O3S/c24-18-5-11-21(12-6-18)27-32(29,30)28-13-14-31-22(15-28)23(16-1-7-19(25)8-2-16)17-3-9-20(26)10-4-17/h1-12,22-23,27H,13-15H2. The van der Waals surface area contributed by atoms with Crippen LogP contribution in [0.25, 0.3) is 0 Å². The molecule has 32 heavy (non-hydrogen) atoms. The molecule has 0 amide bonds. The lowest BCUT2D eigenvalue weighted by atomic mass is 9.86. The molecule has 3 aromatic carbocycles. The molecule has 1 aliphatic heterocycles. The van der Waals surface area contributed by atoms with Gasteiger partial charge < -0.3 is 4.74 Å². The third kappa shape index (κ3) is 5.27. The Labute approximate surface area is 190 Å². The van der Waals surface area contributed by atoms with Crippen molar-refractivity contribution in [2.45, 2.75) is 12.0 Å². The second kappa shape index (κ2) is 9.54. The first-order valence-electron chi connectivity index (χ1n) is 9.98. The SMILES string of the molecule is O=S(=O)(Nc1ccc(Cl)cc1)N1CCOC(C(c2ccc(F)cc2)c2ccc(F)cc2)C1. The van der Waals surface area contributed by atoms with Crippen molar-refractivity contribution in [1.29, 1.82) is 0 Å². The van der Waals surface area contributed by atoms with Gasteiger partial charge in [0, 0.05) is 29.7 Å². The highest BCUT2D eigenvalue weighted by Crippen LogP contribution is 2.33. The Balaban J connectivity index is 1.61. The van der Waals surface area contributed by atoms with Crippen LogP contribution in [0.1, 0.15) is 17.0 Å². The molecule has 4 rings (SSSR count). The average Bonchev–Trinajstić information content (AvgIpc) is 2.78. The number of anilines is 1. The van der Waals surface area contributed by atoms with Crippen molar-refractivity contribution in [2.75, 3.05) is 24.4 Å². The number of halogens is 3. The monoisotopic (exact) mass is 478 g/mol. The van der Waals surface area contributed by atoms with Crippen LogP contribution < -0.4 is 4.72 Å². The number of nitrogens with zero attached hydrogens (tertiary/aromatic N) is 1. The Morgan fingerprint density at radius 1 is 0.906 bits per heavy atom. The summed E-state index contributed by atoms with van der Waals surface area (Å²) >= 11 is 5.87. The number of rotatable bonds is 6. The van der Waals surface area contributed by atoms with E-state index < -0.39 is 22.2 Å². The molecule has 0 aliphatic carbocycles. The van der Waals surface area contributed by atoms with E-state index in [2.05, 4.69) is 4.72 Å². The molecule has 0 saturated carbocycles. The first-order chi connectivity index (χ1) is 15.3. The molecule has 9 heteroatoms. The predicted octanol–water partition coefficient (Wildman–Crippen LogP) is 4.81. The summed E-state index contributed by atoms with van der Waals surface area (Å²) in [6.45, 7) is 0.437. The summed E-state index contributed by atoms with van der Waals surface area (Å²) in [5.74, 6) is -1.18. The van der Waals surface area contributed by atoms with Gasteiger partial charge >= 0.3 is 10.2 Å². The zero-order chi connectivity index (χ0) is 22.7. The second-order valence-electron chi connectivity index (χ2n) is 7.46. The van der Waals surface area contributed by atoms with Crippen molar-refractivity contribution in [1.82, 2.24) is 4.31 Å². The molecule has 0 radical (unpaired) electrons. The molecule has 1 N–H and O–H groups in total. The van der Waals surface area contributed by atoms with Crippen molar-refractivity contribution < 1.29 is 21.9 Å². The molecular formula is C23H21ClF2N2O3S. The Hall–Kier alpha value is -2.52. The van der Waals surface area contributed by atoms with Crippen LogP contribution in [0.5, 0.6) is 0 Å². The van der Waals surface area contributed by atoms with E-state index in [1.807, 2.05) is 0 Å². The van der Waals surface area contributed by atoms with Crippen molar-refractivity contribution in [3.8, 4) is 0 Å². The van der Waals surface area contributed by atoms with E-state index in [1.165, 1.54) is 28.6 Å². The Bertz CT molecular complexity index is 1110. The lowest BCUT2D eigenvalue weighted by Crippen LogP contribution is -2.49. The van der Waals surface area contributed by atoms with Crippen LogP contribution in [0.3, 0.4) is 0 Å². The number of morpholine rings is 1. The highest BCUT2D eigenvalue weighted by molar-refractivity contribution is 7.90. The molecule has 1 atom stereocenters. The smallest absolute Gasteiger partial charge is 0.301 e. The van der Waals surface area contributed by atoms with Crippen molar-refractivity contribution >= 4 is 27.5 Å². The molecule has 0 bridgehead atoms. The maximum absolute atomic E-state index is 13.5. The van der Waals surface area contributed by atoms with E-state index in [4.69, 9.17) is 16.3 Å². The van der Waals surface area contributed by atoms with Crippen molar-refractivity contribution in [3.63, 3.8) is 0 Å². The van der Waals surface area contributed by atoms with Gasteiger partial charge in [0.2, 0.25) is 0 Å². The molecule has 3 aromatic rings. The van der Waals surface area contributed by atoms with Crippen LogP contribution in [0, 0.1) is 11.6 Å². The fraction of sp³-hybridized carbons (Fsp3) is 0.217. The van der Waals surface area contributed by atoms with Gasteiger partial charge in [-0.15, -0.1) is 0 Å². The fourth-order valence-corrected chi connectivity index (χ4v) is 5.11. The Kier molecular flexibility index (Phi) is 6.76. The quantitative estimate of drug-likeness (QED) is 0.553. The van der Waals surface area contributed by atoms with Gasteiger partial charge in [-0.3, -0.25) is 4.72 Å². The van der Waals surface area contributed by atoms with E-state index in [9.17, 15) is 17.2 Å². The lowest BCUT2D eigenvalue weighted by molar-refractivity contribution is -0.00977. The minimum absolute atomic E-state index is 0.0718. The van der Waals surface area contributed by atoms with E-state index in [-0.39, 0.29) is 31.3 Å². The maximum atomic E-state index is 13.5. The number of benzene rings is 3. The second-order valence-corrected chi connectivity index (χ2v) is 9.57. The molecule has 1 unspecified atom stereocenters. The minimum atomic E-state index is -3.85. The topological polar surface area (TPSA) is 58.6 Å². The number of hydrogen-bond acceptors (Lipinski definition) is 3. The minimum Gasteiger partial charge on any atom is -0.374 e. The van der Waals surface area contributed by atoms with Crippen LogP contribution in [0.4, 0.5) is 14.5 Å². The van der Waals surface area contributed by atoms with Crippen molar-refractivity contribution in [3.05, 3.63) is 101 Å².